The lowest BCUT2D eigenvalue weighted by Gasteiger charge is -2.04. The normalized spacial score (nSPS) is 6.56. The number of hydrogen-bond donors (Lipinski definition) is 2. The maximum atomic E-state index is 5.34. The quantitative estimate of drug-likeness (QED) is 0.607. The van der Waals surface area contributed by atoms with Crippen molar-refractivity contribution in [3.63, 3.8) is 0 Å². The van der Waals surface area contributed by atoms with Crippen LogP contribution in [0.1, 0.15) is 11.1 Å². The minimum Gasteiger partial charge on any atom is -0.407 e. The molecule has 0 aliphatic heterocycles. The average Bonchev–Trinajstić information content (AvgIpc) is 2.70. The van der Waals surface area contributed by atoms with Gasteiger partial charge in [0.15, 0.2) is 0 Å². The second-order valence-corrected chi connectivity index (χ2v) is 4.91. The van der Waals surface area contributed by atoms with Crippen LogP contribution in [-0.4, -0.2) is 0 Å². The van der Waals surface area contributed by atoms with Crippen molar-refractivity contribution >= 4 is 25.3 Å². The summed E-state index contributed by atoms with van der Waals surface area (Å²) in [6.07, 6.45) is 7.43. The summed E-state index contributed by atoms with van der Waals surface area (Å²) in [5.74, 6) is 36.4. The van der Waals surface area contributed by atoms with Gasteiger partial charge in [0.25, 0.3) is 0 Å². The number of rotatable bonds is 3. The van der Waals surface area contributed by atoms with Crippen molar-refractivity contribution in [3.8, 4) is 101 Å². The van der Waals surface area contributed by atoms with Crippen LogP contribution < -0.4 is 4.74 Å². The Kier molecular flexibility index (Phi) is 11.4. The Bertz CT molecular complexity index is 1140. The van der Waals surface area contributed by atoms with Crippen molar-refractivity contribution in [2.24, 2.45) is 0 Å². The van der Waals surface area contributed by atoms with Crippen LogP contribution in [0.25, 0.3) is 0 Å². The van der Waals surface area contributed by atoms with Gasteiger partial charge >= 0.3 is 0 Å². The van der Waals surface area contributed by atoms with Gasteiger partial charge in [0, 0.05) is 52.9 Å². The molecular formula is C24H10OS2. The molecule has 0 aromatic heterocycles. The molecule has 0 bridgehead atoms. The maximum Gasteiger partial charge on any atom is 0.140 e. The zero-order chi connectivity index (χ0) is 19.6. The van der Waals surface area contributed by atoms with Crippen molar-refractivity contribution in [1.82, 2.24) is 0 Å². The molecular weight excluding hydrogens is 368 g/mol. The highest BCUT2D eigenvalue weighted by atomic mass is 32.1. The molecule has 0 heterocycles. The molecule has 1 rings (SSSR count). The van der Waals surface area contributed by atoms with E-state index in [4.69, 9.17) is 11.2 Å². The highest BCUT2D eigenvalue weighted by molar-refractivity contribution is 7.79. The van der Waals surface area contributed by atoms with E-state index in [9.17, 15) is 0 Å². The smallest absolute Gasteiger partial charge is 0.140 e. The largest absolute Gasteiger partial charge is 0.407 e. The number of hydrogen-bond acceptors (Lipinski definition) is 3. The standard InChI is InChI=1S/C24H10OS2/c1-2-3-4-5-6-7-8-9-10-11-12-13-14-15-16-25-24-18-22(20-26)17-23(19-24)21-27/h1,17-19,26-27H,20-21H2. The van der Waals surface area contributed by atoms with Crippen LogP contribution in [0.4, 0.5) is 0 Å². The van der Waals surface area contributed by atoms with Gasteiger partial charge in [-0.1, -0.05) is 6.07 Å². The van der Waals surface area contributed by atoms with E-state index in [1.54, 1.807) is 0 Å². The second kappa shape index (κ2) is 14.5. The van der Waals surface area contributed by atoms with E-state index in [1.165, 1.54) is 0 Å². The summed E-state index contributed by atoms with van der Waals surface area (Å²) in [7, 11) is 0. The van der Waals surface area contributed by atoms with Crippen molar-refractivity contribution in [1.29, 1.82) is 0 Å². The van der Waals surface area contributed by atoms with Gasteiger partial charge in [-0.3, -0.25) is 0 Å². The second-order valence-electron chi connectivity index (χ2n) is 4.27. The summed E-state index contributed by atoms with van der Waals surface area (Å²) >= 11 is 8.51. The zero-order valence-electron chi connectivity index (χ0n) is 14.0. The van der Waals surface area contributed by atoms with Gasteiger partial charge in [0.1, 0.15) is 11.9 Å². The van der Waals surface area contributed by atoms with E-state index in [0.717, 1.165) is 11.1 Å². The van der Waals surface area contributed by atoms with Crippen molar-refractivity contribution in [2.75, 3.05) is 0 Å². The molecule has 0 saturated heterocycles. The average molecular weight is 378 g/mol. The molecule has 0 fully saturated rings. The fraction of sp³-hybridized carbons (Fsp3) is 0.0833. The Balaban J connectivity index is 2.56. The van der Waals surface area contributed by atoms with Gasteiger partial charge in [0.05, 0.1) is 0 Å². The van der Waals surface area contributed by atoms with Crippen molar-refractivity contribution < 1.29 is 4.74 Å². The van der Waals surface area contributed by atoms with Gasteiger partial charge in [-0.25, -0.2) is 0 Å². The first kappa shape index (κ1) is 21.2. The Morgan fingerprint density at radius 2 is 1.04 bits per heavy atom. The van der Waals surface area contributed by atoms with Crippen LogP contribution in [0.2, 0.25) is 0 Å². The summed E-state index contributed by atoms with van der Waals surface area (Å²) < 4.78 is 5.34. The third-order valence-electron chi connectivity index (χ3n) is 2.43. The molecule has 0 amide bonds. The topological polar surface area (TPSA) is 9.23 Å². The molecule has 0 N–H and O–H groups in total. The molecule has 0 saturated carbocycles. The van der Waals surface area contributed by atoms with Gasteiger partial charge in [-0.2, -0.15) is 25.3 Å². The number of thiol groups is 2. The molecule has 0 spiro atoms. The van der Waals surface area contributed by atoms with Crippen LogP contribution in [0.15, 0.2) is 18.2 Å². The summed E-state index contributed by atoms with van der Waals surface area (Å²) in [6.45, 7) is 0. The molecule has 0 unspecified atom stereocenters. The van der Waals surface area contributed by atoms with Crippen molar-refractivity contribution in [2.45, 2.75) is 11.5 Å². The van der Waals surface area contributed by atoms with Crippen LogP contribution in [-0.2, 0) is 11.5 Å². The van der Waals surface area contributed by atoms with Crippen molar-refractivity contribution in [3.05, 3.63) is 29.3 Å². The highest BCUT2D eigenvalue weighted by Crippen LogP contribution is 2.19. The minimum atomic E-state index is 0.610. The highest BCUT2D eigenvalue weighted by Gasteiger charge is 1.99. The SMILES string of the molecule is C#CC#CC#CC#CC#CC#CC#CC#COc1cc(CS)cc(CS)c1. The van der Waals surface area contributed by atoms with Crippen LogP contribution in [0.3, 0.4) is 0 Å². The third kappa shape index (κ3) is 10.6. The van der Waals surface area contributed by atoms with Crippen LogP contribution in [0.5, 0.6) is 5.75 Å². The minimum absolute atomic E-state index is 0.610. The molecule has 0 atom stereocenters. The summed E-state index contributed by atoms with van der Waals surface area (Å²) in [5, 5.41) is 0. The Morgan fingerprint density at radius 3 is 1.44 bits per heavy atom. The fourth-order valence-electron chi connectivity index (χ4n) is 1.46. The predicted molar refractivity (Wildman–Crippen MR) is 116 cm³/mol. The Morgan fingerprint density at radius 1 is 0.630 bits per heavy atom. The van der Waals surface area contributed by atoms with Gasteiger partial charge in [-0.05, 0) is 64.7 Å². The monoisotopic (exact) mass is 378 g/mol. The van der Waals surface area contributed by atoms with Gasteiger partial charge in [-0.15, -0.1) is 6.42 Å². The number of ether oxygens (including phenoxy) is 1. The van der Waals surface area contributed by atoms with E-state index in [0.29, 0.717) is 17.3 Å². The van der Waals surface area contributed by atoms with Crippen LogP contribution in [0, 0.1) is 95.4 Å². The lowest BCUT2D eigenvalue weighted by Crippen LogP contribution is -1.89. The lowest BCUT2D eigenvalue weighted by molar-refractivity contribution is 0.519. The lowest BCUT2D eigenvalue weighted by atomic mass is 10.1. The van der Waals surface area contributed by atoms with E-state index in [-0.39, 0.29) is 0 Å². The molecule has 3 heteroatoms. The number of benzene rings is 1. The van der Waals surface area contributed by atoms with E-state index >= 15 is 0 Å². The Labute approximate surface area is 171 Å². The summed E-state index contributed by atoms with van der Waals surface area (Å²) in [5.41, 5.74) is 2.07. The maximum absolute atomic E-state index is 5.34. The number of terminal acetylenes is 1. The van der Waals surface area contributed by atoms with E-state index in [2.05, 4.69) is 114 Å². The zero-order valence-corrected chi connectivity index (χ0v) is 15.8. The first-order valence-corrected chi connectivity index (χ1v) is 8.53. The molecule has 27 heavy (non-hydrogen) atoms. The Hall–Kier alpha value is -3.80. The third-order valence-corrected chi connectivity index (χ3v) is 3.16. The predicted octanol–water partition coefficient (Wildman–Crippen LogP) is 2.54. The molecule has 0 radical (unpaired) electrons. The first-order valence-electron chi connectivity index (χ1n) is 7.27. The van der Waals surface area contributed by atoms with E-state index < -0.39 is 0 Å². The molecule has 1 aromatic rings. The first-order chi connectivity index (χ1) is 13.3. The van der Waals surface area contributed by atoms with Gasteiger partial charge in [0.2, 0.25) is 0 Å². The summed E-state index contributed by atoms with van der Waals surface area (Å²) in [4.78, 5) is 0. The van der Waals surface area contributed by atoms with Gasteiger partial charge < -0.3 is 4.74 Å². The molecule has 124 valence electrons. The van der Waals surface area contributed by atoms with E-state index in [1.807, 2.05) is 18.2 Å². The molecule has 0 aliphatic carbocycles. The van der Waals surface area contributed by atoms with Crippen LogP contribution >= 0.6 is 25.3 Å². The molecule has 0 aliphatic rings. The molecule has 1 nitrogen and oxygen atoms in total. The fourth-order valence-corrected chi connectivity index (χ4v) is 1.83. The molecule has 1 aromatic carbocycles. The summed E-state index contributed by atoms with van der Waals surface area (Å²) in [6, 6.07) is 5.75.